The average Bonchev–Trinajstić information content (AvgIpc) is 3.08. The Balaban J connectivity index is 1.25. The zero-order valence-corrected chi connectivity index (χ0v) is 15.7. The highest BCUT2D eigenvalue weighted by molar-refractivity contribution is 5.80. The number of nitrogens with zero attached hydrogens (tertiary/aromatic N) is 5. The van der Waals surface area contributed by atoms with Gasteiger partial charge in [-0.25, -0.2) is 4.68 Å². The van der Waals surface area contributed by atoms with E-state index >= 15 is 0 Å². The van der Waals surface area contributed by atoms with E-state index in [4.69, 9.17) is 4.74 Å². The zero-order chi connectivity index (χ0) is 18.7. The Morgan fingerprint density at radius 1 is 1.26 bits per heavy atom. The van der Waals surface area contributed by atoms with Gasteiger partial charge in [0.2, 0.25) is 0 Å². The standard InChI is InChI=1S/C19H26N6O2/c1-15(27-17-6-4-16(5-7-17)25-14-21-22-23-25)18(26)20-12-19(8-9-19)13-24-10-2-3-11-24/h4-7,14-15H,2-3,8-13H2,1H3,(H,20,26). The molecular formula is C19H26N6O2. The van der Waals surface area contributed by atoms with Crippen LogP contribution in [0.1, 0.15) is 32.6 Å². The molecule has 1 aromatic heterocycles. The quantitative estimate of drug-likeness (QED) is 0.756. The lowest BCUT2D eigenvalue weighted by atomic mass is 10.1. The Morgan fingerprint density at radius 2 is 2.00 bits per heavy atom. The number of benzene rings is 1. The number of ether oxygens (including phenoxy) is 1. The van der Waals surface area contributed by atoms with Crippen molar-refractivity contribution in [3.8, 4) is 11.4 Å². The summed E-state index contributed by atoms with van der Waals surface area (Å²) in [5.74, 6) is 0.583. The summed E-state index contributed by atoms with van der Waals surface area (Å²) in [5, 5.41) is 14.2. The molecular weight excluding hydrogens is 344 g/mol. The van der Waals surface area contributed by atoms with Crippen molar-refractivity contribution in [2.24, 2.45) is 5.41 Å². The van der Waals surface area contributed by atoms with Crippen LogP contribution in [0.15, 0.2) is 30.6 Å². The number of hydrogen-bond donors (Lipinski definition) is 1. The molecule has 1 saturated carbocycles. The van der Waals surface area contributed by atoms with Crippen LogP contribution in [0.3, 0.4) is 0 Å². The van der Waals surface area contributed by atoms with Crippen molar-refractivity contribution in [3.63, 3.8) is 0 Å². The molecule has 1 saturated heterocycles. The van der Waals surface area contributed by atoms with Crippen molar-refractivity contribution in [2.75, 3.05) is 26.2 Å². The number of nitrogens with one attached hydrogen (secondary N) is 1. The van der Waals surface area contributed by atoms with Crippen LogP contribution in [0.25, 0.3) is 5.69 Å². The van der Waals surface area contributed by atoms with Gasteiger partial charge in [0.15, 0.2) is 6.10 Å². The number of carbonyl (C=O) groups is 1. The van der Waals surface area contributed by atoms with Crippen molar-refractivity contribution in [1.29, 1.82) is 0 Å². The summed E-state index contributed by atoms with van der Waals surface area (Å²) in [5.41, 5.74) is 1.12. The fraction of sp³-hybridized carbons (Fsp3) is 0.579. The van der Waals surface area contributed by atoms with Gasteiger partial charge in [-0.15, -0.1) is 5.10 Å². The number of rotatable bonds is 8. The molecule has 27 heavy (non-hydrogen) atoms. The second kappa shape index (κ2) is 7.64. The van der Waals surface area contributed by atoms with Crippen molar-refractivity contribution in [1.82, 2.24) is 30.4 Å². The molecule has 8 nitrogen and oxygen atoms in total. The normalized spacial score (nSPS) is 19.6. The second-order valence-electron chi connectivity index (χ2n) is 7.71. The first kappa shape index (κ1) is 17.9. The predicted molar refractivity (Wildman–Crippen MR) is 99.6 cm³/mol. The monoisotopic (exact) mass is 370 g/mol. The first-order valence-electron chi connectivity index (χ1n) is 9.64. The van der Waals surface area contributed by atoms with Crippen LogP contribution in [0.2, 0.25) is 0 Å². The Kier molecular flexibility index (Phi) is 5.07. The molecule has 1 aromatic carbocycles. The van der Waals surface area contributed by atoms with Crippen molar-refractivity contribution in [2.45, 2.75) is 38.7 Å². The van der Waals surface area contributed by atoms with Gasteiger partial charge in [0.1, 0.15) is 12.1 Å². The van der Waals surface area contributed by atoms with Gasteiger partial charge < -0.3 is 15.0 Å². The Labute approximate surface area is 158 Å². The highest BCUT2D eigenvalue weighted by Gasteiger charge is 2.44. The van der Waals surface area contributed by atoms with Crippen molar-refractivity contribution < 1.29 is 9.53 Å². The van der Waals surface area contributed by atoms with E-state index < -0.39 is 6.10 Å². The fourth-order valence-corrected chi connectivity index (χ4v) is 3.62. The van der Waals surface area contributed by atoms with Gasteiger partial charge in [-0.05, 0) is 80.4 Å². The molecule has 1 N–H and O–H groups in total. The zero-order valence-electron chi connectivity index (χ0n) is 15.7. The van der Waals surface area contributed by atoms with E-state index in [9.17, 15) is 4.79 Å². The predicted octanol–water partition coefficient (Wildman–Crippen LogP) is 1.42. The number of likely N-dealkylation sites (tertiary alicyclic amines) is 1. The summed E-state index contributed by atoms with van der Waals surface area (Å²) in [6, 6.07) is 7.34. The van der Waals surface area contributed by atoms with E-state index in [1.807, 2.05) is 24.3 Å². The van der Waals surface area contributed by atoms with E-state index in [-0.39, 0.29) is 11.3 Å². The minimum Gasteiger partial charge on any atom is -0.481 e. The molecule has 4 rings (SSSR count). The summed E-state index contributed by atoms with van der Waals surface area (Å²) >= 11 is 0. The lowest BCUT2D eigenvalue weighted by Crippen LogP contribution is -2.42. The van der Waals surface area contributed by atoms with Gasteiger partial charge in [0, 0.05) is 18.5 Å². The molecule has 2 fully saturated rings. The molecule has 0 spiro atoms. The third-order valence-electron chi connectivity index (χ3n) is 5.48. The lowest BCUT2D eigenvalue weighted by molar-refractivity contribution is -0.127. The van der Waals surface area contributed by atoms with Crippen LogP contribution in [0.5, 0.6) is 5.75 Å². The highest BCUT2D eigenvalue weighted by Crippen LogP contribution is 2.46. The van der Waals surface area contributed by atoms with Crippen LogP contribution in [-0.4, -0.2) is 63.3 Å². The van der Waals surface area contributed by atoms with Gasteiger partial charge in [-0.1, -0.05) is 0 Å². The minimum atomic E-state index is -0.536. The molecule has 1 amide bonds. The first-order valence-corrected chi connectivity index (χ1v) is 9.64. The third-order valence-corrected chi connectivity index (χ3v) is 5.48. The number of tetrazole rings is 1. The van der Waals surface area contributed by atoms with E-state index in [0.717, 1.165) is 18.8 Å². The summed E-state index contributed by atoms with van der Waals surface area (Å²) in [7, 11) is 0. The van der Waals surface area contributed by atoms with Crippen LogP contribution in [-0.2, 0) is 4.79 Å². The van der Waals surface area contributed by atoms with Gasteiger partial charge in [0.25, 0.3) is 5.91 Å². The number of hydrogen-bond acceptors (Lipinski definition) is 6. The average molecular weight is 370 g/mol. The largest absolute Gasteiger partial charge is 0.481 e. The van der Waals surface area contributed by atoms with Crippen LogP contribution < -0.4 is 10.1 Å². The fourth-order valence-electron chi connectivity index (χ4n) is 3.62. The van der Waals surface area contributed by atoms with Crippen LogP contribution in [0, 0.1) is 5.41 Å². The maximum Gasteiger partial charge on any atom is 0.260 e. The molecule has 1 unspecified atom stereocenters. The maximum atomic E-state index is 12.4. The summed E-state index contributed by atoms with van der Waals surface area (Å²) < 4.78 is 7.35. The molecule has 1 aliphatic heterocycles. The Morgan fingerprint density at radius 3 is 2.63 bits per heavy atom. The number of amides is 1. The van der Waals surface area contributed by atoms with Crippen LogP contribution in [0.4, 0.5) is 0 Å². The van der Waals surface area contributed by atoms with Gasteiger partial charge in [-0.2, -0.15) is 0 Å². The second-order valence-corrected chi connectivity index (χ2v) is 7.71. The number of carbonyl (C=O) groups excluding carboxylic acids is 1. The van der Waals surface area contributed by atoms with Crippen LogP contribution >= 0.6 is 0 Å². The topological polar surface area (TPSA) is 85.2 Å². The van der Waals surface area contributed by atoms with Gasteiger partial charge in [0.05, 0.1) is 5.69 Å². The van der Waals surface area contributed by atoms with Gasteiger partial charge in [-0.3, -0.25) is 4.79 Å². The minimum absolute atomic E-state index is 0.0627. The van der Waals surface area contributed by atoms with Crippen molar-refractivity contribution >= 4 is 5.91 Å². The molecule has 1 aliphatic carbocycles. The summed E-state index contributed by atoms with van der Waals surface area (Å²) in [6.07, 6.45) is 6.02. The summed E-state index contributed by atoms with van der Waals surface area (Å²) in [6.45, 7) is 6.05. The number of aromatic nitrogens is 4. The van der Waals surface area contributed by atoms with E-state index in [1.165, 1.54) is 45.1 Å². The maximum absolute atomic E-state index is 12.4. The molecule has 0 radical (unpaired) electrons. The first-order chi connectivity index (χ1) is 13.1. The highest BCUT2D eigenvalue weighted by atomic mass is 16.5. The van der Waals surface area contributed by atoms with Gasteiger partial charge >= 0.3 is 0 Å². The smallest absolute Gasteiger partial charge is 0.260 e. The molecule has 144 valence electrons. The molecule has 1 atom stereocenters. The molecule has 8 heteroatoms. The molecule has 2 aliphatic rings. The van der Waals surface area contributed by atoms with E-state index in [2.05, 4.69) is 25.7 Å². The molecule has 2 aromatic rings. The lowest BCUT2D eigenvalue weighted by Gasteiger charge is -2.24. The summed E-state index contributed by atoms with van der Waals surface area (Å²) in [4.78, 5) is 15.0. The Bertz CT molecular complexity index is 751. The molecule has 2 heterocycles. The van der Waals surface area contributed by atoms with E-state index in [0.29, 0.717) is 5.75 Å². The third kappa shape index (κ3) is 4.44. The Hall–Kier alpha value is -2.48. The van der Waals surface area contributed by atoms with E-state index in [1.54, 1.807) is 11.6 Å². The molecule has 0 bridgehead atoms. The van der Waals surface area contributed by atoms with Crippen molar-refractivity contribution in [3.05, 3.63) is 30.6 Å². The SMILES string of the molecule is CC(Oc1ccc(-n2cnnn2)cc1)C(=O)NCC1(CN2CCCC2)CC1.